The van der Waals surface area contributed by atoms with Crippen LogP contribution in [-0.2, 0) is 11.3 Å². The number of nitrogens with one attached hydrogen (secondary N) is 2. The largest absolute Gasteiger partial charge is 0.495 e. The molecule has 1 aliphatic heterocycles. The second kappa shape index (κ2) is 8.36. The monoisotopic (exact) mass is 408 g/mol. The molecule has 30 heavy (non-hydrogen) atoms. The fraction of sp³-hybridized carbons (Fsp3) is 0.227. The van der Waals surface area contributed by atoms with Crippen molar-refractivity contribution >= 4 is 17.5 Å². The molecule has 0 spiro atoms. The fourth-order valence-electron chi connectivity index (χ4n) is 3.59. The lowest BCUT2D eigenvalue weighted by Crippen LogP contribution is -2.25. The number of halogens is 1. The fourth-order valence-corrected chi connectivity index (χ4v) is 3.59. The van der Waals surface area contributed by atoms with Crippen LogP contribution in [0, 0.1) is 5.82 Å². The Labute approximate surface area is 172 Å². The van der Waals surface area contributed by atoms with Gasteiger partial charge in [-0.15, -0.1) is 0 Å². The van der Waals surface area contributed by atoms with Gasteiger partial charge < -0.3 is 15.0 Å². The minimum atomic E-state index is -0.328. The average Bonchev–Trinajstić information content (AvgIpc) is 3.13. The highest BCUT2D eigenvalue weighted by Gasteiger charge is 2.34. The van der Waals surface area contributed by atoms with Crippen LogP contribution in [0.25, 0.3) is 0 Å². The number of nitrogens with zero attached hydrogens (tertiary/aromatic N) is 2. The van der Waals surface area contributed by atoms with Crippen molar-refractivity contribution in [3.05, 3.63) is 82.0 Å². The minimum absolute atomic E-state index is 0.0548. The van der Waals surface area contributed by atoms with Crippen molar-refractivity contribution in [2.75, 3.05) is 23.9 Å². The highest BCUT2D eigenvalue weighted by atomic mass is 19.1. The third-order valence-corrected chi connectivity index (χ3v) is 5.03. The van der Waals surface area contributed by atoms with Gasteiger partial charge in [0.05, 0.1) is 18.5 Å². The number of para-hydroxylation sites is 2. The van der Waals surface area contributed by atoms with Crippen LogP contribution in [-0.4, -0.2) is 29.5 Å². The average molecular weight is 408 g/mol. The summed E-state index contributed by atoms with van der Waals surface area (Å²) in [5.74, 6) is 0.290. The highest BCUT2D eigenvalue weighted by Crippen LogP contribution is 2.35. The molecule has 8 heteroatoms. The number of amides is 1. The van der Waals surface area contributed by atoms with Crippen LogP contribution in [0.5, 0.6) is 5.75 Å². The van der Waals surface area contributed by atoms with Crippen molar-refractivity contribution in [2.45, 2.75) is 18.9 Å². The molecule has 2 aromatic carbocycles. The first-order valence-electron chi connectivity index (χ1n) is 9.56. The van der Waals surface area contributed by atoms with Crippen molar-refractivity contribution < 1.29 is 13.9 Å². The van der Waals surface area contributed by atoms with E-state index in [0.717, 1.165) is 5.56 Å². The van der Waals surface area contributed by atoms with E-state index in [4.69, 9.17) is 4.74 Å². The zero-order valence-electron chi connectivity index (χ0n) is 16.4. The predicted octanol–water partition coefficient (Wildman–Crippen LogP) is 3.05. The van der Waals surface area contributed by atoms with Crippen LogP contribution in [0.15, 0.2) is 59.4 Å². The third-order valence-electron chi connectivity index (χ3n) is 5.03. The van der Waals surface area contributed by atoms with Crippen molar-refractivity contribution in [3.8, 4) is 5.75 Å². The van der Waals surface area contributed by atoms with Gasteiger partial charge in [0.1, 0.15) is 11.6 Å². The first-order chi connectivity index (χ1) is 14.5. The van der Waals surface area contributed by atoms with Gasteiger partial charge in [-0.2, -0.15) is 0 Å². The Morgan fingerprint density at radius 2 is 2.03 bits per heavy atom. The summed E-state index contributed by atoms with van der Waals surface area (Å²) in [6.07, 6.45) is 0.248. The molecule has 1 aliphatic rings. The van der Waals surface area contributed by atoms with E-state index in [1.54, 1.807) is 30.2 Å². The second-order valence-electron chi connectivity index (χ2n) is 7.08. The summed E-state index contributed by atoms with van der Waals surface area (Å²) in [6.45, 7) is 0.708. The first-order valence-corrected chi connectivity index (χ1v) is 9.56. The Hall–Kier alpha value is -3.68. The lowest BCUT2D eigenvalue weighted by atomic mass is 10.0. The number of ether oxygens (including phenoxy) is 1. The van der Waals surface area contributed by atoms with E-state index in [2.05, 4.69) is 15.3 Å². The zero-order valence-corrected chi connectivity index (χ0v) is 16.4. The summed E-state index contributed by atoms with van der Waals surface area (Å²) < 4.78 is 18.7. The highest BCUT2D eigenvalue weighted by molar-refractivity contribution is 5.97. The summed E-state index contributed by atoms with van der Waals surface area (Å²) >= 11 is 0. The van der Waals surface area contributed by atoms with E-state index >= 15 is 0 Å². The van der Waals surface area contributed by atoms with E-state index < -0.39 is 0 Å². The summed E-state index contributed by atoms with van der Waals surface area (Å²) in [5.41, 5.74) is 1.64. The summed E-state index contributed by atoms with van der Waals surface area (Å²) in [7, 11) is 1.56. The normalized spacial score (nSPS) is 16.0. The summed E-state index contributed by atoms with van der Waals surface area (Å²) in [4.78, 5) is 33.6. The molecule has 4 rings (SSSR count). The van der Waals surface area contributed by atoms with Gasteiger partial charge in [0.2, 0.25) is 11.9 Å². The predicted molar refractivity (Wildman–Crippen MR) is 111 cm³/mol. The van der Waals surface area contributed by atoms with Crippen LogP contribution >= 0.6 is 0 Å². The lowest BCUT2D eigenvalue weighted by Gasteiger charge is -2.19. The Morgan fingerprint density at radius 3 is 2.83 bits per heavy atom. The van der Waals surface area contributed by atoms with E-state index in [1.807, 2.05) is 18.2 Å². The maximum atomic E-state index is 13.3. The molecule has 1 amide bonds. The van der Waals surface area contributed by atoms with E-state index in [0.29, 0.717) is 30.2 Å². The Morgan fingerprint density at radius 1 is 1.20 bits per heavy atom. The molecule has 0 aliphatic carbocycles. The molecule has 2 N–H and O–H groups in total. The Balaban J connectivity index is 1.53. The number of hydrogen-bond acceptors (Lipinski definition) is 5. The van der Waals surface area contributed by atoms with Crippen molar-refractivity contribution in [2.24, 2.45) is 0 Å². The molecule has 1 saturated heterocycles. The van der Waals surface area contributed by atoms with Crippen LogP contribution in [0.3, 0.4) is 0 Å². The van der Waals surface area contributed by atoms with E-state index in [9.17, 15) is 14.0 Å². The van der Waals surface area contributed by atoms with Crippen molar-refractivity contribution in [3.63, 3.8) is 0 Å². The van der Waals surface area contributed by atoms with Crippen LogP contribution < -0.4 is 20.5 Å². The van der Waals surface area contributed by atoms with Gasteiger partial charge in [-0.1, -0.05) is 24.3 Å². The zero-order chi connectivity index (χ0) is 21.1. The third kappa shape index (κ3) is 4.17. The molecular weight excluding hydrogens is 387 g/mol. The smallest absolute Gasteiger partial charge is 0.252 e. The summed E-state index contributed by atoms with van der Waals surface area (Å²) in [5, 5.41) is 3.01. The minimum Gasteiger partial charge on any atom is -0.495 e. The van der Waals surface area contributed by atoms with Gasteiger partial charge in [-0.05, 0) is 29.8 Å². The number of H-pyrrole nitrogens is 1. The molecule has 1 atom stereocenters. The van der Waals surface area contributed by atoms with Crippen LogP contribution in [0.4, 0.5) is 16.0 Å². The molecule has 0 saturated carbocycles. The van der Waals surface area contributed by atoms with Gasteiger partial charge in [0, 0.05) is 31.5 Å². The van der Waals surface area contributed by atoms with Gasteiger partial charge in [0.15, 0.2) is 0 Å². The van der Waals surface area contributed by atoms with Gasteiger partial charge in [0.25, 0.3) is 5.56 Å². The van der Waals surface area contributed by atoms with Gasteiger partial charge in [-0.25, -0.2) is 9.37 Å². The van der Waals surface area contributed by atoms with Crippen LogP contribution in [0.2, 0.25) is 0 Å². The molecule has 7 nitrogen and oxygen atoms in total. The number of carbonyl (C=O) groups excluding carboxylic acids is 1. The number of benzene rings is 2. The molecule has 0 radical (unpaired) electrons. The molecule has 0 unspecified atom stereocenters. The number of aromatic amines is 1. The maximum Gasteiger partial charge on any atom is 0.252 e. The number of carbonyl (C=O) groups is 1. The van der Waals surface area contributed by atoms with Gasteiger partial charge in [-0.3, -0.25) is 14.6 Å². The molecule has 0 bridgehead atoms. The second-order valence-corrected chi connectivity index (χ2v) is 7.08. The lowest BCUT2D eigenvalue weighted by molar-refractivity contribution is -0.117. The number of aromatic nitrogens is 2. The first kappa shape index (κ1) is 19.6. The quantitative estimate of drug-likeness (QED) is 0.655. The number of rotatable bonds is 6. The number of anilines is 2. The molecule has 2 heterocycles. The SMILES string of the molecule is COc1ccccc1N1C[C@H](c2cc(=O)[nH]c(NCc3cccc(F)c3)n2)CC1=O. The number of hydrogen-bond donors (Lipinski definition) is 2. The molecule has 1 fully saturated rings. The standard InChI is InChI=1S/C22H21FN4O3/c1-30-19-8-3-2-7-18(19)27-13-15(10-21(27)29)17-11-20(28)26-22(25-17)24-12-14-5-4-6-16(23)9-14/h2-9,11,15H,10,12-13H2,1H3,(H2,24,25,26,28)/t15-/m1/s1. The van der Waals surface area contributed by atoms with Gasteiger partial charge >= 0.3 is 0 Å². The molecular formula is C22H21FN4O3. The molecule has 1 aromatic heterocycles. The van der Waals surface area contributed by atoms with Crippen LogP contribution in [0.1, 0.15) is 23.6 Å². The number of methoxy groups -OCH3 is 1. The maximum absolute atomic E-state index is 13.3. The van der Waals surface area contributed by atoms with E-state index in [-0.39, 0.29) is 35.6 Å². The Kier molecular flexibility index (Phi) is 5.47. The topological polar surface area (TPSA) is 87.3 Å². The summed E-state index contributed by atoms with van der Waals surface area (Å²) in [6, 6.07) is 14.9. The van der Waals surface area contributed by atoms with Crippen molar-refractivity contribution in [1.29, 1.82) is 0 Å². The molecule has 154 valence electrons. The van der Waals surface area contributed by atoms with Crippen molar-refractivity contribution in [1.82, 2.24) is 9.97 Å². The van der Waals surface area contributed by atoms with E-state index in [1.165, 1.54) is 18.2 Å². The Bertz CT molecular complexity index is 1130. The molecule has 3 aromatic rings.